The highest BCUT2D eigenvalue weighted by atomic mass is 16.2. The maximum Gasteiger partial charge on any atom is 0.323 e. The topological polar surface area (TPSA) is 41.1 Å². The molecule has 0 unspecified atom stereocenters. The average molecular weight is 244 g/mol. The van der Waals surface area contributed by atoms with Gasteiger partial charge in [0.1, 0.15) is 0 Å². The lowest BCUT2D eigenvalue weighted by atomic mass is 10.1. The van der Waals surface area contributed by atoms with Crippen molar-refractivity contribution in [3.63, 3.8) is 0 Å². The molecule has 0 heterocycles. The van der Waals surface area contributed by atoms with E-state index in [9.17, 15) is 4.79 Å². The van der Waals surface area contributed by atoms with E-state index >= 15 is 0 Å². The molecule has 0 aromatic heterocycles. The highest BCUT2D eigenvalue weighted by molar-refractivity contribution is 5.90. The van der Waals surface area contributed by atoms with E-state index in [0.717, 1.165) is 17.7 Å². The van der Waals surface area contributed by atoms with Crippen molar-refractivity contribution in [1.29, 1.82) is 0 Å². The normalized spacial score (nSPS) is 15.3. The lowest BCUT2D eigenvalue weighted by molar-refractivity contribution is 0.255. The maximum absolute atomic E-state index is 11.8. The number of aryl methyl sites for hydroxylation is 1. The van der Waals surface area contributed by atoms with Crippen molar-refractivity contribution in [2.24, 2.45) is 5.92 Å². The van der Waals surface area contributed by atoms with Gasteiger partial charge in [-0.3, -0.25) is 0 Å². The number of para-hydroxylation sites is 1. The second kappa shape index (κ2) is 5.71. The summed E-state index contributed by atoms with van der Waals surface area (Å²) in [6.07, 6.45) is 5.24. The summed E-state index contributed by atoms with van der Waals surface area (Å²) in [4.78, 5) is 11.8. The van der Waals surface area contributed by atoms with Crippen molar-refractivity contribution in [1.82, 2.24) is 5.32 Å². The summed E-state index contributed by atoms with van der Waals surface area (Å²) in [6.45, 7) is 4.15. The molecule has 18 heavy (non-hydrogen) atoms. The predicted octanol–water partition coefficient (Wildman–Crippen LogP) is 3.68. The van der Waals surface area contributed by atoms with E-state index in [1.54, 1.807) is 0 Å². The van der Waals surface area contributed by atoms with Crippen LogP contribution < -0.4 is 10.6 Å². The first-order valence-corrected chi connectivity index (χ1v) is 6.52. The van der Waals surface area contributed by atoms with Crippen LogP contribution in [0.2, 0.25) is 0 Å². The summed E-state index contributed by atoms with van der Waals surface area (Å²) in [7, 11) is 0. The van der Waals surface area contributed by atoms with Gasteiger partial charge in [0.15, 0.2) is 0 Å². The first-order valence-electron chi connectivity index (χ1n) is 6.52. The average Bonchev–Trinajstić information content (AvgIpc) is 3.21. The Hall–Kier alpha value is -1.77. The number of carbonyl (C=O) groups is 1. The molecule has 2 N–H and O–H groups in total. The van der Waals surface area contributed by atoms with Crippen LogP contribution in [0.1, 0.15) is 32.3 Å². The number of benzene rings is 1. The van der Waals surface area contributed by atoms with Crippen molar-refractivity contribution in [3.05, 3.63) is 41.6 Å². The number of allylic oxidation sites excluding steroid dienone is 1. The Morgan fingerprint density at radius 1 is 1.39 bits per heavy atom. The van der Waals surface area contributed by atoms with Crippen molar-refractivity contribution in [2.45, 2.75) is 33.1 Å². The molecule has 2 rings (SSSR count). The van der Waals surface area contributed by atoms with Crippen LogP contribution in [-0.4, -0.2) is 6.03 Å². The number of amides is 2. The largest absolute Gasteiger partial charge is 0.323 e. The number of nitrogens with one attached hydrogen (secondary N) is 2. The van der Waals surface area contributed by atoms with Gasteiger partial charge in [-0.2, -0.15) is 0 Å². The van der Waals surface area contributed by atoms with Crippen LogP contribution in [-0.2, 0) is 6.42 Å². The van der Waals surface area contributed by atoms with Gasteiger partial charge in [0.2, 0.25) is 0 Å². The minimum atomic E-state index is -0.170. The van der Waals surface area contributed by atoms with E-state index in [-0.39, 0.29) is 6.03 Å². The van der Waals surface area contributed by atoms with Gasteiger partial charge >= 0.3 is 6.03 Å². The summed E-state index contributed by atoms with van der Waals surface area (Å²) in [6, 6.07) is 7.70. The molecule has 0 spiro atoms. The van der Waals surface area contributed by atoms with E-state index in [1.807, 2.05) is 30.5 Å². The van der Waals surface area contributed by atoms with E-state index in [1.165, 1.54) is 18.4 Å². The van der Waals surface area contributed by atoms with Crippen molar-refractivity contribution in [3.8, 4) is 0 Å². The zero-order valence-corrected chi connectivity index (χ0v) is 11.0. The van der Waals surface area contributed by atoms with Crippen molar-refractivity contribution >= 4 is 11.7 Å². The molecule has 0 radical (unpaired) electrons. The van der Waals surface area contributed by atoms with Gasteiger partial charge < -0.3 is 10.6 Å². The number of hydrogen-bond donors (Lipinski definition) is 2. The molecule has 0 saturated heterocycles. The smallest absolute Gasteiger partial charge is 0.314 e. The molecule has 3 heteroatoms. The van der Waals surface area contributed by atoms with Crippen LogP contribution in [0.3, 0.4) is 0 Å². The molecule has 3 nitrogen and oxygen atoms in total. The third-order valence-corrected chi connectivity index (χ3v) is 3.30. The van der Waals surface area contributed by atoms with Crippen LogP contribution in [0.15, 0.2) is 36.0 Å². The molecule has 1 saturated carbocycles. The third kappa shape index (κ3) is 3.36. The molecule has 1 fully saturated rings. The van der Waals surface area contributed by atoms with E-state index in [4.69, 9.17) is 0 Å². The van der Waals surface area contributed by atoms with Gasteiger partial charge in [-0.1, -0.05) is 30.7 Å². The lowest BCUT2D eigenvalue weighted by Crippen LogP contribution is -2.24. The van der Waals surface area contributed by atoms with Gasteiger partial charge in [0.25, 0.3) is 0 Å². The Kier molecular flexibility index (Phi) is 4.03. The summed E-state index contributed by atoms with van der Waals surface area (Å²) in [5.41, 5.74) is 3.29. The second-order valence-electron chi connectivity index (χ2n) is 4.77. The summed E-state index contributed by atoms with van der Waals surface area (Å²) in [5, 5.41) is 5.67. The number of anilines is 1. The lowest BCUT2D eigenvalue weighted by Gasteiger charge is -2.09. The number of rotatable bonds is 4. The Morgan fingerprint density at radius 3 is 2.78 bits per heavy atom. The van der Waals surface area contributed by atoms with Crippen LogP contribution in [0.5, 0.6) is 0 Å². The number of carbonyl (C=O) groups excluding carboxylic acids is 1. The molecule has 1 aliphatic carbocycles. The minimum absolute atomic E-state index is 0.170. The van der Waals surface area contributed by atoms with Gasteiger partial charge in [0.05, 0.1) is 0 Å². The molecule has 0 atom stereocenters. The summed E-state index contributed by atoms with van der Waals surface area (Å²) < 4.78 is 0. The SMILES string of the molecule is CCc1ccccc1NC(=O)N/C=C(\C)C1CC1. The maximum atomic E-state index is 11.8. The van der Waals surface area contributed by atoms with Gasteiger partial charge in [-0.25, -0.2) is 4.79 Å². The molecule has 96 valence electrons. The summed E-state index contributed by atoms with van der Waals surface area (Å²) in [5.74, 6) is 0.688. The highest BCUT2D eigenvalue weighted by Crippen LogP contribution is 2.35. The zero-order valence-electron chi connectivity index (χ0n) is 11.0. The third-order valence-electron chi connectivity index (χ3n) is 3.30. The fourth-order valence-corrected chi connectivity index (χ4v) is 1.94. The monoisotopic (exact) mass is 244 g/mol. The van der Waals surface area contributed by atoms with Crippen LogP contribution in [0.4, 0.5) is 10.5 Å². The number of hydrogen-bond acceptors (Lipinski definition) is 1. The number of urea groups is 1. The van der Waals surface area contributed by atoms with E-state index in [2.05, 4.69) is 24.5 Å². The first-order chi connectivity index (χ1) is 8.70. The Balaban J connectivity index is 1.92. The van der Waals surface area contributed by atoms with Crippen LogP contribution in [0.25, 0.3) is 0 Å². The van der Waals surface area contributed by atoms with Crippen molar-refractivity contribution < 1.29 is 4.79 Å². The predicted molar refractivity (Wildman–Crippen MR) is 74.5 cm³/mol. The Morgan fingerprint density at radius 2 is 2.11 bits per heavy atom. The second-order valence-corrected chi connectivity index (χ2v) is 4.77. The van der Waals surface area contributed by atoms with Gasteiger partial charge in [-0.15, -0.1) is 0 Å². The molecule has 0 aliphatic heterocycles. The van der Waals surface area contributed by atoms with Gasteiger partial charge in [0, 0.05) is 11.9 Å². The van der Waals surface area contributed by atoms with E-state index in [0.29, 0.717) is 5.92 Å². The summed E-state index contributed by atoms with van der Waals surface area (Å²) >= 11 is 0. The fourth-order valence-electron chi connectivity index (χ4n) is 1.94. The van der Waals surface area contributed by atoms with Crippen LogP contribution >= 0.6 is 0 Å². The molecule has 1 aromatic rings. The highest BCUT2D eigenvalue weighted by Gasteiger charge is 2.22. The Bertz CT molecular complexity index is 461. The molecular formula is C15H20N2O. The van der Waals surface area contributed by atoms with Crippen LogP contribution in [0, 0.1) is 5.92 Å². The Labute approximate surface area is 108 Å². The molecule has 2 amide bonds. The zero-order chi connectivity index (χ0) is 13.0. The fraction of sp³-hybridized carbons (Fsp3) is 0.400. The molecule has 0 bridgehead atoms. The molecular weight excluding hydrogens is 224 g/mol. The van der Waals surface area contributed by atoms with Gasteiger partial charge in [-0.05, 0) is 43.7 Å². The molecule has 1 aromatic carbocycles. The quantitative estimate of drug-likeness (QED) is 0.833. The first kappa shape index (κ1) is 12.7. The molecule has 1 aliphatic rings. The minimum Gasteiger partial charge on any atom is -0.314 e. The van der Waals surface area contributed by atoms with Crippen molar-refractivity contribution in [2.75, 3.05) is 5.32 Å². The van der Waals surface area contributed by atoms with E-state index < -0.39 is 0 Å². The standard InChI is InChI=1S/C15H20N2O/c1-3-12-6-4-5-7-14(12)17-15(18)16-10-11(2)13-8-9-13/h4-7,10,13H,3,8-9H2,1-2H3,(H2,16,17,18)/b11-10+.